The Hall–Kier alpha value is -2.02. The van der Waals surface area contributed by atoms with Crippen molar-refractivity contribution in [3.05, 3.63) is 30.0 Å². The maximum Gasteiger partial charge on any atom is 0.164 e. The zero-order valence-corrected chi connectivity index (χ0v) is 6.23. The van der Waals surface area contributed by atoms with Crippen LogP contribution < -0.4 is 5.73 Å². The molecule has 2 rings (SSSR count). The molecule has 0 aliphatic heterocycles. The minimum Gasteiger partial charge on any atom is -0.381 e. The summed E-state index contributed by atoms with van der Waals surface area (Å²) in [5, 5.41) is 12.7. The van der Waals surface area contributed by atoms with E-state index in [4.69, 9.17) is 11.0 Å². The summed E-state index contributed by atoms with van der Waals surface area (Å²) in [6.45, 7) is 0. The van der Waals surface area contributed by atoms with Gasteiger partial charge in [0.25, 0.3) is 0 Å². The van der Waals surface area contributed by atoms with Crippen LogP contribution in [-0.4, -0.2) is 9.61 Å². The van der Waals surface area contributed by atoms with E-state index in [0.29, 0.717) is 5.56 Å². The van der Waals surface area contributed by atoms with E-state index in [1.54, 1.807) is 10.7 Å². The Balaban J connectivity index is 2.93. The van der Waals surface area contributed by atoms with Crippen molar-refractivity contribution in [1.82, 2.24) is 9.61 Å². The number of rotatable bonds is 0. The first kappa shape index (κ1) is 6.68. The van der Waals surface area contributed by atoms with Crippen molar-refractivity contribution in [3.8, 4) is 6.07 Å². The summed E-state index contributed by atoms with van der Waals surface area (Å²) >= 11 is 0. The van der Waals surface area contributed by atoms with Crippen LogP contribution in [0.15, 0.2) is 24.4 Å². The zero-order chi connectivity index (χ0) is 8.55. The lowest BCUT2D eigenvalue weighted by atomic mass is 10.3. The van der Waals surface area contributed by atoms with Crippen LogP contribution in [0.3, 0.4) is 0 Å². The fourth-order valence-electron chi connectivity index (χ4n) is 1.13. The molecule has 0 aliphatic carbocycles. The second-order valence-corrected chi connectivity index (χ2v) is 2.40. The maximum atomic E-state index is 8.72. The molecule has 0 spiro atoms. The third kappa shape index (κ3) is 0.736. The molecule has 0 saturated heterocycles. The topological polar surface area (TPSA) is 67.1 Å². The summed E-state index contributed by atoms with van der Waals surface area (Å²) in [5.41, 5.74) is 6.70. The number of aromatic nitrogens is 2. The van der Waals surface area contributed by atoms with Crippen LogP contribution in [0.4, 0.5) is 5.82 Å². The molecule has 0 unspecified atom stereocenters. The maximum absolute atomic E-state index is 8.72. The van der Waals surface area contributed by atoms with Crippen LogP contribution in [-0.2, 0) is 0 Å². The Morgan fingerprint density at radius 2 is 2.33 bits per heavy atom. The van der Waals surface area contributed by atoms with Crippen LogP contribution in [0.25, 0.3) is 5.52 Å². The van der Waals surface area contributed by atoms with Gasteiger partial charge in [0.1, 0.15) is 11.6 Å². The van der Waals surface area contributed by atoms with Gasteiger partial charge in [-0.25, -0.2) is 4.52 Å². The Morgan fingerprint density at radius 3 is 3.08 bits per heavy atom. The van der Waals surface area contributed by atoms with Gasteiger partial charge in [-0.05, 0) is 12.1 Å². The highest BCUT2D eigenvalue weighted by atomic mass is 15.2. The van der Waals surface area contributed by atoms with E-state index in [2.05, 4.69) is 5.10 Å². The molecule has 4 nitrogen and oxygen atoms in total. The third-order valence-corrected chi connectivity index (χ3v) is 1.68. The third-order valence-electron chi connectivity index (χ3n) is 1.68. The summed E-state index contributed by atoms with van der Waals surface area (Å²) in [4.78, 5) is 0. The van der Waals surface area contributed by atoms with Crippen LogP contribution >= 0.6 is 0 Å². The van der Waals surface area contributed by atoms with Crippen LogP contribution in [0, 0.1) is 11.3 Å². The van der Waals surface area contributed by atoms with Crippen molar-refractivity contribution in [2.45, 2.75) is 0 Å². The van der Waals surface area contributed by atoms with E-state index in [-0.39, 0.29) is 5.82 Å². The monoisotopic (exact) mass is 158 g/mol. The van der Waals surface area contributed by atoms with Crippen molar-refractivity contribution in [2.24, 2.45) is 0 Å². The lowest BCUT2D eigenvalue weighted by Crippen LogP contribution is -1.88. The molecule has 0 aromatic carbocycles. The molecule has 58 valence electrons. The quantitative estimate of drug-likeness (QED) is 0.616. The van der Waals surface area contributed by atoms with Gasteiger partial charge in [0.05, 0.1) is 5.52 Å². The molecular weight excluding hydrogens is 152 g/mol. The molecule has 0 radical (unpaired) electrons. The Morgan fingerprint density at radius 1 is 1.50 bits per heavy atom. The lowest BCUT2D eigenvalue weighted by molar-refractivity contribution is 0.968. The number of nitrogens with zero attached hydrogens (tertiary/aromatic N) is 3. The Kier molecular flexibility index (Phi) is 1.25. The van der Waals surface area contributed by atoms with Crippen molar-refractivity contribution in [3.63, 3.8) is 0 Å². The van der Waals surface area contributed by atoms with E-state index in [1.165, 1.54) is 0 Å². The average Bonchev–Trinajstić information content (AvgIpc) is 2.40. The standard InChI is InChI=1S/C8H6N4/c9-5-6-7-3-1-2-4-12(7)11-8(6)10/h1-4H,(H2,10,11). The molecule has 0 aliphatic rings. The number of anilines is 1. The molecule has 0 bridgehead atoms. The SMILES string of the molecule is N#Cc1c(N)nn2ccccc12. The van der Waals surface area contributed by atoms with E-state index < -0.39 is 0 Å². The van der Waals surface area contributed by atoms with Crippen molar-refractivity contribution < 1.29 is 0 Å². The highest BCUT2D eigenvalue weighted by Gasteiger charge is 2.06. The van der Waals surface area contributed by atoms with E-state index in [0.717, 1.165) is 5.52 Å². The second-order valence-electron chi connectivity index (χ2n) is 2.40. The van der Waals surface area contributed by atoms with E-state index in [1.807, 2.05) is 24.3 Å². The van der Waals surface area contributed by atoms with Gasteiger partial charge in [-0.15, -0.1) is 5.10 Å². The normalized spacial score (nSPS) is 9.92. The fraction of sp³-hybridized carbons (Fsp3) is 0. The predicted molar refractivity (Wildman–Crippen MR) is 44.3 cm³/mol. The van der Waals surface area contributed by atoms with Crippen molar-refractivity contribution in [2.75, 3.05) is 5.73 Å². The van der Waals surface area contributed by atoms with Crippen LogP contribution in [0.5, 0.6) is 0 Å². The highest BCUT2D eigenvalue weighted by Crippen LogP contribution is 2.15. The number of pyridine rings is 1. The summed E-state index contributed by atoms with van der Waals surface area (Å²) in [5.74, 6) is 0.281. The molecular formula is C8H6N4. The Bertz CT molecular complexity index is 463. The summed E-state index contributed by atoms with van der Waals surface area (Å²) in [7, 11) is 0. The van der Waals surface area contributed by atoms with Gasteiger partial charge in [0, 0.05) is 6.20 Å². The first-order valence-electron chi connectivity index (χ1n) is 3.46. The fourth-order valence-corrected chi connectivity index (χ4v) is 1.13. The molecule has 0 atom stereocenters. The molecule has 2 aromatic rings. The number of nitriles is 1. The lowest BCUT2D eigenvalue weighted by Gasteiger charge is -1.87. The van der Waals surface area contributed by atoms with Gasteiger partial charge in [0.15, 0.2) is 5.82 Å². The smallest absolute Gasteiger partial charge is 0.164 e. The molecule has 2 aromatic heterocycles. The van der Waals surface area contributed by atoms with Crippen molar-refractivity contribution >= 4 is 11.3 Å². The number of nitrogen functional groups attached to an aromatic ring is 1. The predicted octanol–water partition coefficient (Wildman–Crippen LogP) is 0.788. The summed E-state index contributed by atoms with van der Waals surface area (Å²) in [6, 6.07) is 7.50. The first-order chi connectivity index (χ1) is 5.83. The number of hydrogen-bond donors (Lipinski definition) is 1. The molecule has 12 heavy (non-hydrogen) atoms. The molecule has 0 saturated carbocycles. The van der Waals surface area contributed by atoms with Gasteiger partial charge in [-0.3, -0.25) is 0 Å². The second kappa shape index (κ2) is 2.24. The Labute approximate surface area is 68.8 Å². The van der Waals surface area contributed by atoms with E-state index >= 15 is 0 Å². The van der Waals surface area contributed by atoms with Gasteiger partial charge in [0.2, 0.25) is 0 Å². The molecule has 0 amide bonds. The summed E-state index contributed by atoms with van der Waals surface area (Å²) < 4.78 is 1.59. The van der Waals surface area contributed by atoms with Gasteiger partial charge >= 0.3 is 0 Å². The highest BCUT2D eigenvalue weighted by molar-refractivity contribution is 5.69. The number of fused-ring (bicyclic) bond motifs is 1. The molecule has 2 N–H and O–H groups in total. The van der Waals surface area contributed by atoms with Crippen molar-refractivity contribution in [1.29, 1.82) is 5.26 Å². The van der Waals surface area contributed by atoms with Gasteiger partial charge < -0.3 is 5.73 Å². The van der Waals surface area contributed by atoms with Gasteiger partial charge in [-0.1, -0.05) is 6.07 Å². The largest absolute Gasteiger partial charge is 0.381 e. The van der Waals surface area contributed by atoms with E-state index in [9.17, 15) is 0 Å². The first-order valence-corrected chi connectivity index (χ1v) is 3.46. The minimum absolute atomic E-state index is 0.281. The molecule has 2 heterocycles. The van der Waals surface area contributed by atoms with Crippen LogP contribution in [0.1, 0.15) is 5.56 Å². The average molecular weight is 158 g/mol. The number of nitrogens with two attached hydrogens (primary N) is 1. The van der Waals surface area contributed by atoms with Gasteiger partial charge in [-0.2, -0.15) is 5.26 Å². The number of hydrogen-bond acceptors (Lipinski definition) is 3. The van der Waals surface area contributed by atoms with Crippen LogP contribution in [0.2, 0.25) is 0 Å². The molecule has 0 fully saturated rings. The zero-order valence-electron chi connectivity index (χ0n) is 6.23. The molecule has 4 heteroatoms. The summed E-state index contributed by atoms with van der Waals surface area (Å²) in [6.07, 6.45) is 1.76. The minimum atomic E-state index is 0.281.